The Bertz CT molecular complexity index is 896. The number of anilines is 1. The number of nitrogens with one attached hydrogen (secondary N) is 2. The molecule has 0 saturated carbocycles. The highest BCUT2D eigenvalue weighted by molar-refractivity contribution is 7.89. The Hall–Kier alpha value is -2.45. The molecule has 2 rings (SSSR count). The predicted molar refractivity (Wildman–Crippen MR) is 106 cm³/mol. The Balaban J connectivity index is 2.43. The highest BCUT2D eigenvalue weighted by Crippen LogP contribution is 2.33. The summed E-state index contributed by atoms with van der Waals surface area (Å²) in [5.41, 5.74) is 1.01. The second-order valence-corrected chi connectivity index (χ2v) is 8.70. The van der Waals surface area contributed by atoms with E-state index in [0.29, 0.717) is 0 Å². The van der Waals surface area contributed by atoms with Gasteiger partial charge in [-0.15, -0.1) is 0 Å². The van der Waals surface area contributed by atoms with Crippen LogP contribution in [-0.4, -0.2) is 19.4 Å². The summed E-state index contributed by atoms with van der Waals surface area (Å²) in [6.45, 7) is 7.41. The molecule has 27 heavy (non-hydrogen) atoms. The van der Waals surface area contributed by atoms with Gasteiger partial charge in [-0.25, -0.2) is 13.1 Å². The minimum atomic E-state index is -3.81. The fourth-order valence-corrected chi connectivity index (χ4v) is 4.06. The van der Waals surface area contributed by atoms with Gasteiger partial charge >= 0.3 is 0 Å². The molecule has 0 aliphatic rings. The number of nitrogens with zero attached hydrogens (tertiary/aromatic N) is 1. The zero-order valence-electron chi connectivity index (χ0n) is 15.8. The van der Waals surface area contributed by atoms with E-state index in [1.54, 1.807) is 13.8 Å². The molecule has 7 nitrogen and oxygen atoms in total. The molecule has 0 aromatic heterocycles. The van der Waals surface area contributed by atoms with E-state index in [4.69, 9.17) is 0 Å². The van der Waals surface area contributed by atoms with Crippen LogP contribution in [0.15, 0.2) is 53.4 Å². The number of hydrogen-bond donors (Lipinski definition) is 2. The monoisotopic (exact) mass is 391 g/mol. The first-order chi connectivity index (χ1) is 12.6. The van der Waals surface area contributed by atoms with Gasteiger partial charge in [0.1, 0.15) is 5.69 Å². The summed E-state index contributed by atoms with van der Waals surface area (Å²) in [4.78, 5) is 10.9. The molecule has 0 heterocycles. The topological polar surface area (TPSA) is 101 Å². The molecule has 2 N–H and O–H groups in total. The zero-order chi connectivity index (χ0) is 20.2. The van der Waals surface area contributed by atoms with Crippen LogP contribution in [0, 0.1) is 16.0 Å². The van der Waals surface area contributed by atoms with Gasteiger partial charge in [-0.2, -0.15) is 0 Å². The molecule has 0 saturated heterocycles. The van der Waals surface area contributed by atoms with Crippen molar-refractivity contribution in [3.8, 4) is 0 Å². The Morgan fingerprint density at radius 3 is 2.15 bits per heavy atom. The van der Waals surface area contributed by atoms with Crippen molar-refractivity contribution >= 4 is 21.4 Å². The number of sulfonamides is 1. The quantitative estimate of drug-likeness (QED) is 0.521. The molecule has 8 heteroatoms. The smallest absolute Gasteiger partial charge is 0.293 e. The maximum Gasteiger partial charge on any atom is 0.293 e. The van der Waals surface area contributed by atoms with E-state index in [2.05, 4.69) is 10.0 Å². The molecule has 2 aromatic carbocycles. The minimum absolute atomic E-state index is 0.130. The van der Waals surface area contributed by atoms with Crippen molar-refractivity contribution in [3.63, 3.8) is 0 Å². The molecular formula is C19H25N3O4S. The molecule has 0 aliphatic heterocycles. The van der Waals surface area contributed by atoms with Gasteiger partial charge in [0.05, 0.1) is 15.9 Å². The maximum atomic E-state index is 12.3. The molecule has 0 spiro atoms. The molecule has 0 amide bonds. The summed E-state index contributed by atoms with van der Waals surface area (Å²) >= 11 is 0. The van der Waals surface area contributed by atoms with Crippen LogP contribution in [0.25, 0.3) is 0 Å². The van der Waals surface area contributed by atoms with Gasteiger partial charge in [-0.3, -0.25) is 10.1 Å². The van der Waals surface area contributed by atoms with Gasteiger partial charge < -0.3 is 5.32 Å². The van der Waals surface area contributed by atoms with E-state index in [1.807, 2.05) is 44.2 Å². The molecule has 1 atom stereocenters. The van der Waals surface area contributed by atoms with Crippen LogP contribution in [0.2, 0.25) is 0 Å². The number of nitro benzene ring substituents is 1. The van der Waals surface area contributed by atoms with Gasteiger partial charge in [0.2, 0.25) is 10.0 Å². The van der Waals surface area contributed by atoms with Crippen molar-refractivity contribution in [2.45, 2.75) is 44.7 Å². The van der Waals surface area contributed by atoms with Crippen LogP contribution < -0.4 is 10.0 Å². The van der Waals surface area contributed by atoms with E-state index in [-0.39, 0.29) is 34.3 Å². The van der Waals surface area contributed by atoms with Crippen LogP contribution >= 0.6 is 0 Å². The molecule has 0 fully saturated rings. The number of benzene rings is 2. The van der Waals surface area contributed by atoms with Crippen molar-refractivity contribution in [1.82, 2.24) is 4.72 Å². The first kappa shape index (κ1) is 20.9. The van der Waals surface area contributed by atoms with Crippen molar-refractivity contribution in [2.24, 2.45) is 5.92 Å². The lowest BCUT2D eigenvalue weighted by molar-refractivity contribution is -0.384. The lowest BCUT2D eigenvalue weighted by atomic mass is 9.95. The largest absolute Gasteiger partial charge is 0.372 e. The Kier molecular flexibility index (Phi) is 6.56. The number of nitro groups is 1. The molecule has 0 radical (unpaired) electrons. The molecule has 1 unspecified atom stereocenters. The van der Waals surface area contributed by atoms with E-state index in [0.717, 1.165) is 11.6 Å². The second kappa shape index (κ2) is 8.49. The van der Waals surface area contributed by atoms with E-state index >= 15 is 0 Å². The Morgan fingerprint density at radius 1 is 1.00 bits per heavy atom. The van der Waals surface area contributed by atoms with Crippen molar-refractivity contribution < 1.29 is 13.3 Å². The Morgan fingerprint density at radius 2 is 1.63 bits per heavy atom. The average molecular weight is 391 g/mol. The molecule has 146 valence electrons. The van der Waals surface area contributed by atoms with Crippen LogP contribution in [0.3, 0.4) is 0 Å². The summed E-state index contributed by atoms with van der Waals surface area (Å²) in [6, 6.07) is 13.1. The van der Waals surface area contributed by atoms with Gasteiger partial charge in [-0.05, 0) is 37.5 Å². The van der Waals surface area contributed by atoms with Gasteiger partial charge in [-0.1, -0.05) is 44.2 Å². The highest BCUT2D eigenvalue weighted by atomic mass is 32.2. The summed E-state index contributed by atoms with van der Waals surface area (Å²) in [5, 5.41) is 14.8. The fourth-order valence-electron chi connectivity index (χ4n) is 2.79. The summed E-state index contributed by atoms with van der Waals surface area (Å²) in [7, 11) is -3.81. The third-order valence-electron chi connectivity index (χ3n) is 4.00. The summed E-state index contributed by atoms with van der Waals surface area (Å²) in [6.07, 6.45) is 0. The third kappa shape index (κ3) is 5.27. The fraction of sp³-hybridized carbons (Fsp3) is 0.368. The highest BCUT2D eigenvalue weighted by Gasteiger charge is 2.24. The Labute approximate surface area is 160 Å². The number of rotatable bonds is 8. The first-order valence-corrected chi connectivity index (χ1v) is 10.2. The van der Waals surface area contributed by atoms with Crippen LogP contribution in [0.4, 0.5) is 11.4 Å². The second-order valence-electron chi connectivity index (χ2n) is 6.99. The van der Waals surface area contributed by atoms with Crippen molar-refractivity contribution in [2.75, 3.05) is 5.32 Å². The van der Waals surface area contributed by atoms with Gasteiger partial charge in [0.15, 0.2) is 0 Å². The van der Waals surface area contributed by atoms with Crippen LogP contribution in [0.5, 0.6) is 0 Å². The molecule has 0 aliphatic carbocycles. The van der Waals surface area contributed by atoms with E-state index in [1.165, 1.54) is 12.1 Å². The maximum absolute atomic E-state index is 12.3. The predicted octanol–water partition coefficient (Wildman–Crippen LogP) is 4.09. The lowest BCUT2D eigenvalue weighted by Gasteiger charge is -2.24. The average Bonchev–Trinajstić information content (AvgIpc) is 2.58. The zero-order valence-corrected chi connectivity index (χ0v) is 16.7. The minimum Gasteiger partial charge on any atom is -0.372 e. The lowest BCUT2D eigenvalue weighted by Crippen LogP contribution is -2.30. The summed E-state index contributed by atoms with van der Waals surface area (Å²) < 4.78 is 27.1. The number of hydrogen-bond acceptors (Lipinski definition) is 5. The van der Waals surface area contributed by atoms with Crippen LogP contribution in [0.1, 0.15) is 39.3 Å². The van der Waals surface area contributed by atoms with E-state index in [9.17, 15) is 18.5 Å². The standard InChI is InChI=1S/C19H25N3O4S/c1-13(2)19(15-8-6-5-7-9-15)20-17-11-10-16(12-18(17)22(23)24)27(25,26)21-14(3)4/h5-14,19-21H,1-4H3. The third-order valence-corrected chi connectivity index (χ3v) is 5.66. The van der Waals surface area contributed by atoms with Crippen molar-refractivity contribution in [1.29, 1.82) is 0 Å². The first-order valence-electron chi connectivity index (χ1n) is 8.74. The molecule has 2 aromatic rings. The van der Waals surface area contributed by atoms with Gasteiger partial charge in [0, 0.05) is 12.1 Å². The van der Waals surface area contributed by atoms with Crippen LogP contribution in [-0.2, 0) is 10.0 Å². The summed E-state index contributed by atoms with van der Waals surface area (Å²) in [5.74, 6) is 0.165. The molecular weight excluding hydrogens is 366 g/mol. The SMILES string of the molecule is CC(C)NS(=O)(=O)c1ccc(NC(c2ccccc2)C(C)C)c([N+](=O)[O-])c1. The van der Waals surface area contributed by atoms with Crippen molar-refractivity contribution in [3.05, 3.63) is 64.2 Å². The van der Waals surface area contributed by atoms with Gasteiger partial charge in [0.25, 0.3) is 5.69 Å². The molecule has 0 bridgehead atoms. The van der Waals surface area contributed by atoms with E-state index < -0.39 is 14.9 Å². The normalized spacial score (nSPS) is 13.0.